The standard InChI is InChI=1S/C23H30F3N5O2/c1-13(2)31-18(20-15-10-22(11-16(15)20)4-6-30(22)5-3-7-32)9-17(29-31)14-8-19(21(27)28-12-14)33-23(24,25)26/h8-9,12-13,15-16,20,32H,3-7,10-11H2,1-2H3,(H2,27,28)/t15-,16+,20+,22+. The molecule has 1 aliphatic heterocycles. The van der Waals surface area contributed by atoms with Gasteiger partial charge in [0.1, 0.15) is 0 Å². The largest absolute Gasteiger partial charge is 0.573 e. The number of likely N-dealkylation sites (tertiary alicyclic amines) is 1. The molecule has 0 unspecified atom stereocenters. The van der Waals surface area contributed by atoms with Crippen molar-refractivity contribution in [3.8, 4) is 17.0 Å². The first kappa shape index (κ1) is 22.5. The second-order valence-corrected chi connectivity index (χ2v) is 9.95. The number of hydrogen-bond acceptors (Lipinski definition) is 6. The number of nitrogen functional groups attached to an aromatic ring is 1. The Morgan fingerprint density at radius 3 is 2.58 bits per heavy atom. The molecule has 5 rings (SSSR count). The Balaban J connectivity index is 1.37. The molecule has 3 fully saturated rings. The average Bonchev–Trinajstić information content (AvgIpc) is 3.08. The van der Waals surface area contributed by atoms with Crippen molar-refractivity contribution in [3.05, 3.63) is 24.0 Å². The number of aliphatic hydroxyl groups is 1. The summed E-state index contributed by atoms with van der Waals surface area (Å²) in [6.45, 7) is 6.42. The highest BCUT2D eigenvalue weighted by Crippen LogP contribution is 2.69. The van der Waals surface area contributed by atoms with Crippen LogP contribution in [0.25, 0.3) is 11.3 Å². The Morgan fingerprint density at radius 1 is 1.27 bits per heavy atom. The van der Waals surface area contributed by atoms with Crippen LogP contribution >= 0.6 is 0 Å². The van der Waals surface area contributed by atoms with Crippen LogP contribution in [0, 0.1) is 11.8 Å². The molecule has 2 aromatic heterocycles. The zero-order chi connectivity index (χ0) is 23.5. The minimum absolute atomic E-state index is 0.126. The van der Waals surface area contributed by atoms with Crippen LogP contribution < -0.4 is 10.5 Å². The molecule has 2 aliphatic carbocycles. The molecule has 3 heterocycles. The van der Waals surface area contributed by atoms with Gasteiger partial charge < -0.3 is 15.6 Å². The number of alkyl halides is 3. The molecule has 3 N–H and O–H groups in total. The molecule has 1 saturated heterocycles. The van der Waals surface area contributed by atoms with Crippen LogP contribution in [0.15, 0.2) is 18.3 Å². The van der Waals surface area contributed by atoms with Crippen molar-refractivity contribution in [2.24, 2.45) is 11.8 Å². The first-order chi connectivity index (χ1) is 15.6. The third-order valence-corrected chi connectivity index (χ3v) is 7.67. The molecule has 33 heavy (non-hydrogen) atoms. The number of nitrogens with two attached hydrogens (primary N) is 1. The molecular weight excluding hydrogens is 435 g/mol. The van der Waals surface area contributed by atoms with Crippen molar-refractivity contribution >= 4 is 5.82 Å². The van der Waals surface area contributed by atoms with Crippen molar-refractivity contribution in [3.63, 3.8) is 0 Å². The van der Waals surface area contributed by atoms with E-state index in [4.69, 9.17) is 10.8 Å². The number of rotatable bonds is 7. The second-order valence-electron chi connectivity index (χ2n) is 9.95. The zero-order valence-electron chi connectivity index (χ0n) is 18.8. The molecule has 1 spiro atoms. The number of halogens is 3. The number of hydrogen-bond donors (Lipinski definition) is 2. The van der Waals surface area contributed by atoms with Gasteiger partial charge in [-0.15, -0.1) is 13.2 Å². The maximum Gasteiger partial charge on any atom is 0.573 e. The molecule has 0 bridgehead atoms. The van der Waals surface area contributed by atoms with Crippen molar-refractivity contribution in [2.75, 3.05) is 25.4 Å². The van der Waals surface area contributed by atoms with Crippen LogP contribution in [0.5, 0.6) is 5.75 Å². The monoisotopic (exact) mass is 465 g/mol. The fourth-order valence-electron chi connectivity index (χ4n) is 6.07. The van der Waals surface area contributed by atoms with Gasteiger partial charge >= 0.3 is 6.36 Å². The summed E-state index contributed by atoms with van der Waals surface area (Å²) in [6.07, 6.45) is 0.973. The number of aromatic nitrogens is 3. The lowest BCUT2D eigenvalue weighted by Gasteiger charge is -2.52. The van der Waals surface area contributed by atoms with Gasteiger partial charge in [-0.2, -0.15) is 5.10 Å². The zero-order valence-corrected chi connectivity index (χ0v) is 18.8. The Kier molecular flexibility index (Phi) is 5.36. The average molecular weight is 466 g/mol. The summed E-state index contributed by atoms with van der Waals surface area (Å²) >= 11 is 0. The molecule has 3 aliphatic rings. The number of anilines is 1. The van der Waals surface area contributed by atoms with E-state index in [2.05, 4.69) is 28.5 Å². The number of aliphatic hydroxyl groups excluding tert-OH is 1. The van der Waals surface area contributed by atoms with E-state index < -0.39 is 12.1 Å². The third-order valence-electron chi connectivity index (χ3n) is 7.67. The van der Waals surface area contributed by atoms with E-state index >= 15 is 0 Å². The first-order valence-electron chi connectivity index (χ1n) is 11.6. The lowest BCUT2D eigenvalue weighted by Crippen LogP contribution is -2.59. The summed E-state index contributed by atoms with van der Waals surface area (Å²) in [5, 5.41) is 13.9. The van der Waals surface area contributed by atoms with Gasteiger partial charge in [0.25, 0.3) is 0 Å². The van der Waals surface area contributed by atoms with Gasteiger partial charge in [-0.25, -0.2) is 4.98 Å². The molecule has 2 aromatic rings. The third kappa shape index (κ3) is 3.97. The van der Waals surface area contributed by atoms with Crippen LogP contribution in [-0.4, -0.2) is 56.4 Å². The van der Waals surface area contributed by atoms with Crippen LogP contribution in [0.3, 0.4) is 0 Å². The van der Waals surface area contributed by atoms with Gasteiger partial charge in [-0.1, -0.05) is 0 Å². The Bertz CT molecular complexity index is 1030. The predicted octanol–water partition coefficient (Wildman–Crippen LogP) is 3.96. The molecule has 0 amide bonds. The topological polar surface area (TPSA) is 89.4 Å². The Hall–Kier alpha value is -2.33. The summed E-state index contributed by atoms with van der Waals surface area (Å²) in [4.78, 5) is 6.43. The van der Waals surface area contributed by atoms with Crippen LogP contribution in [-0.2, 0) is 0 Å². The highest BCUT2D eigenvalue weighted by Gasteiger charge is 2.65. The highest BCUT2D eigenvalue weighted by molar-refractivity contribution is 5.64. The second kappa shape index (κ2) is 7.87. The van der Waals surface area contributed by atoms with Gasteiger partial charge in [0.05, 0.1) is 5.69 Å². The number of pyridine rings is 1. The molecule has 0 aromatic carbocycles. The Morgan fingerprint density at radius 2 is 2.00 bits per heavy atom. The molecular formula is C23H30F3N5O2. The summed E-state index contributed by atoms with van der Waals surface area (Å²) in [6, 6.07) is 3.37. The van der Waals surface area contributed by atoms with Crippen molar-refractivity contribution < 1.29 is 23.0 Å². The Labute approximate surface area is 190 Å². The summed E-state index contributed by atoms with van der Waals surface area (Å²) in [5.74, 6) is 0.814. The van der Waals surface area contributed by atoms with E-state index in [0.29, 0.717) is 34.6 Å². The predicted molar refractivity (Wildman–Crippen MR) is 117 cm³/mol. The fraction of sp³-hybridized carbons (Fsp3) is 0.652. The summed E-state index contributed by atoms with van der Waals surface area (Å²) in [7, 11) is 0. The van der Waals surface area contributed by atoms with Gasteiger partial charge in [-0.05, 0) is 63.5 Å². The molecule has 10 heteroatoms. The van der Waals surface area contributed by atoms with Crippen molar-refractivity contribution in [1.82, 2.24) is 19.7 Å². The number of fused-ring (bicyclic) bond motifs is 1. The molecule has 4 atom stereocenters. The lowest BCUT2D eigenvalue weighted by molar-refractivity contribution is -0.274. The van der Waals surface area contributed by atoms with Crippen molar-refractivity contribution in [1.29, 1.82) is 0 Å². The fourth-order valence-corrected chi connectivity index (χ4v) is 6.07. The molecule has 180 valence electrons. The minimum Gasteiger partial charge on any atom is -0.402 e. The van der Waals surface area contributed by atoms with E-state index in [1.54, 1.807) is 0 Å². The smallest absolute Gasteiger partial charge is 0.402 e. The normalized spacial score (nSPS) is 28.9. The molecule has 7 nitrogen and oxygen atoms in total. The summed E-state index contributed by atoms with van der Waals surface area (Å²) in [5.41, 5.74) is 8.05. The van der Waals surface area contributed by atoms with E-state index in [0.717, 1.165) is 25.2 Å². The van der Waals surface area contributed by atoms with E-state index in [1.807, 2.05) is 10.7 Å². The minimum atomic E-state index is -4.84. The maximum atomic E-state index is 12.7. The van der Waals surface area contributed by atoms with Gasteiger partial charge in [0.15, 0.2) is 11.6 Å². The highest BCUT2D eigenvalue weighted by atomic mass is 19.4. The van der Waals surface area contributed by atoms with E-state index in [1.165, 1.54) is 31.5 Å². The molecule has 2 saturated carbocycles. The number of ether oxygens (including phenoxy) is 1. The van der Waals surface area contributed by atoms with Crippen molar-refractivity contribution in [2.45, 2.75) is 63.4 Å². The SMILES string of the molecule is CC(C)n1nc(-c2cnc(N)c(OC(F)(F)F)c2)cc1[C@H]1[C@@H]2C[C@@]3(CCN3CCCO)C[C@@H]21. The first-order valence-corrected chi connectivity index (χ1v) is 11.6. The van der Waals surface area contributed by atoms with E-state index in [9.17, 15) is 18.3 Å². The number of nitrogens with zero attached hydrogens (tertiary/aromatic N) is 4. The van der Waals surface area contributed by atoms with Crippen LogP contribution in [0.1, 0.15) is 57.2 Å². The summed E-state index contributed by atoms with van der Waals surface area (Å²) < 4.78 is 44.2. The molecule has 0 radical (unpaired) electrons. The van der Waals surface area contributed by atoms with Crippen LogP contribution in [0.4, 0.5) is 19.0 Å². The van der Waals surface area contributed by atoms with E-state index in [-0.39, 0.29) is 18.5 Å². The maximum absolute atomic E-state index is 12.7. The van der Waals surface area contributed by atoms with Crippen LogP contribution in [0.2, 0.25) is 0 Å². The lowest BCUT2D eigenvalue weighted by atomic mass is 9.78. The van der Waals surface area contributed by atoms with Gasteiger partial charge in [0, 0.05) is 54.6 Å². The van der Waals surface area contributed by atoms with Gasteiger partial charge in [-0.3, -0.25) is 9.58 Å². The quantitative estimate of drug-likeness (QED) is 0.644. The van der Waals surface area contributed by atoms with Gasteiger partial charge in [0.2, 0.25) is 0 Å².